The number of nitrogens with zero attached hydrogens (tertiary/aromatic N) is 2. The Morgan fingerprint density at radius 1 is 1.32 bits per heavy atom. The summed E-state index contributed by atoms with van der Waals surface area (Å²) in [7, 11) is 0. The molecule has 0 unspecified atom stereocenters. The summed E-state index contributed by atoms with van der Waals surface area (Å²) in [4.78, 5) is 8.81. The lowest BCUT2D eigenvalue weighted by Gasteiger charge is -2.29. The van der Waals surface area contributed by atoms with Gasteiger partial charge in [0.05, 0.1) is 0 Å². The van der Waals surface area contributed by atoms with Gasteiger partial charge in [-0.2, -0.15) is 0 Å². The maximum Gasteiger partial charge on any atom is 0.155 e. The van der Waals surface area contributed by atoms with Crippen LogP contribution in [0.15, 0.2) is 12.4 Å². The molecule has 0 aliphatic heterocycles. The predicted octanol–water partition coefficient (Wildman–Crippen LogP) is 2.88. The fraction of sp³-hybridized carbons (Fsp3) is 0.643. The van der Waals surface area contributed by atoms with Crippen LogP contribution in [0, 0.1) is 5.92 Å². The number of nitrogens with one attached hydrogen (secondary N) is 1. The molecule has 0 atom stereocenters. The molecule has 19 heavy (non-hydrogen) atoms. The zero-order valence-corrected chi connectivity index (χ0v) is 12.2. The molecular weight excluding hydrogens is 256 g/mol. The highest BCUT2D eigenvalue weighted by Crippen LogP contribution is 2.29. The summed E-state index contributed by atoms with van der Waals surface area (Å²) in [6.45, 7) is 2.26. The minimum absolute atomic E-state index is 0.301. The number of aromatic nitrogens is 2. The summed E-state index contributed by atoms with van der Waals surface area (Å²) in [6.07, 6.45) is 10.9. The topological polar surface area (TPSA) is 63.8 Å². The molecule has 0 aromatic carbocycles. The molecule has 0 saturated heterocycles. The van der Waals surface area contributed by atoms with Crippen LogP contribution in [-0.2, 0) is 0 Å². The summed E-state index contributed by atoms with van der Waals surface area (Å²) in [6, 6.07) is 0.470. The van der Waals surface area contributed by atoms with Gasteiger partial charge in [0.2, 0.25) is 0 Å². The van der Waals surface area contributed by atoms with Gasteiger partial charge in [0.1, 0.15) is 10.7 Å². The molecule has 104 valence electrons. The van der Waals surface area contributed by atoms with Crippen molar-refractivity contribution in [3.05, 3.63) is 18.1 Å². The second kappa shape index (κ2) is 6.80. The molecule has 3 N–H and O–H groups in total. The van der Waals surface area contributed by atoms with Crippen LogP contribution in [0.3, 0.4) is 0 Å². The number of rotatable bonds is 5. The van der Waals surface area contributed by atoms with E-state index in [1.54, 1.807) is 12.4 Å². The van der Waals surface area contributed by atoms with E-state index < -0.39 is 0 Å². The average molecular weight is 278 g/mol. The summed E-state index contributed by atoms with van der Waals surface area (Å²) in [5.74, 6) is 1.63. The molecule has 1 saturated carbocycles. The van der Waals surface area contributed by atoms with Crippen molar-refractivity contribution in [3.63, 3.8) is 0 Å². The zero-order chi connectivity index (χ0) is 13.7. The van der Waals surface area contributed by atoms with Gasteiger partial charge in [0.15, 0.2) is 5.82 Å². The fourth-order valence-corrected chi connectivity index (χ4v) is 2.97. The lowest BCUT2D eigenvalue weighted by atomic mass is 9.83. The maximum atomic E-state index is 5.67. The number of anilines is 1. The van der Waals surface area contributed by atoms with Crippen molar-refractivity contribution < 1.29 is 0 Å². The monoisotopic (exact) mass is 278 g/mol. The van der Waals surface area contributed by atoms with Crippen molar-refractivity contribution in [1.29, 1.82) is 0 Å². The standard InChI is InChI=1S/C14H22N4S/c1-2-3-10-4-6-11(7-5-10)18-14-12(13(15)19)16-8-9-17-14/h8-11H,2-7H2,1H3,(H2,15,19)(H,17,18). The average Bonchev–Trinajstić information content (AvgIpc) is 2.42. The molecule has 4 nitrogen and oxygen atoms in total. The molecule has 1 fully saturated rings. The van der Waals surface area contributed by atoms with E-state index in [9.17, 15) is 0 Å². The second-order valence-corrected chi connectivity index (χ2v) is 5.71. The zero-order valence-electron chi connectivity index (χ0n) is 11.4. The van der Waals surface area contributed by atoms with Gasteiger partial charge < -0.3 is 11.1 Å². The summed E-state index contributed by atoms with van der Waals surface area (Å²) in [5, 5.41) is 3.45. The van der Waals surface area contributed by atoms with E-state index in [0.29, 0.717) is 16.7 Å². The van der Waals surface area contributed by atoms with Gasteiger partial charge in [-0.05, 0) is 31.6 Å². The second-order valence-electron chi connectivity index (χ2n) is 5.27. The third-order valence-corrected chi connectivity index (χ3v) is 4.01. The Morgan fingerprint density at radius 2 is 2.00 bits per heavy atom. The molecule has 1 aliphatic carbocycles. The van der Waals surface area contributed by atoms with Crippen LogP contribution in [0.1, 0.15) is 51.1 Å². The van der Waals surface area contributed by atoms with Crippen LogP contribution in [0.25, 0.3) is 0 Å². The Labute approximate surface area is 120 Å². The van der Waals surface area contributed by atoms with E-state index in [4.69, 9.17) is 18.0 Å². The Kier molecular flexibility index (Phi) is 5.07. The van der Waals surface area contributed by atoms with Crippen molar-refractivity contribution in [2.45, 2.75) is 51.5 Å². The van der Waals surface area contributed by atoms with Crippen LogP contribution in [0.2, 0.25) is 0 Å². The fourth-order valence-electron chi connectivity index (χ4n) is 2.82. The van der Waals surface area contributed by atoms with Crippen LogP contribution in [0.5, 0.6) is 0 Å². The van der Waals surface area contributed by atoms with Gasteiger partial charge in [-0.3, -0.25) is 0 Å². The summed E-state index contributed by atoms with van der Waals surface area (Å²) in [5.41, 5.74) is 6.28. The third-order valence-electron chi connectivity index (χ3n) is 3.82. The predicted molar refractivity (Wildman–Crippen MR) is 82.2 cm³/mol. The first-order valence-corrected chi connectivity index (χ1v) is 7.49. The molecule has 1 heterocycles. The third kappa shape index (κ3) is 3.86. The molecule has 0 radical (unpaired) electrons. The quantitative estimate of drug-likeness (QED) is 0.811. The van der Waals surface area contributed by atoms with Crippen LogP contribution < -0.4 is 11.1 Å². The molecule has 5 heteroatoms. The maximum absolute atomic E-state index is 5.67. The molecule has 2 rings (SSSR count). The number of hydrogen-bond donors (Lipinski definition) is 2. The van der Waals surface area contributed by atoms with E-state index in [-0.39, 0.29) is 0 Å². The van der Waals surface area contributed by atoms with Crippen molar-refractivity contribution in [3.8, 4) is 0 Å². The Bertz CT molecular complexity index is 427. The lowest BCUT2D eigenvalue weighted by molar-refractivity contribution is 0.318. The minimum Gasteiger partial charge on any atom is -0.388 e. The first-order valence-electron chi connectivity index (χ1n) is 7.08. The Balaban J connectivity index is 1.94. The summed E-state index contributed by atoms with van der Waals surface area (Å²) >= 11 is 5.01. The first-order chi connectivity index (χ1) is 9.20. The molecule has 0 amide bonds. The molecule has 1 aliphatic rings. The number of thiocarbonyl (C=S) groups is 1. The smallest absolute Gasteiger partial charge is 0.155 e. The van der Waals surface area contributed by atoms with Gasteiger partial charge in [-0.1, -0.05) is 32.0 Å². The van der Waals surface area contributed by atoms with Gasteiger partial charge in [0, 0.05) is 18.4 Å². The highest BCUT2D eigenvalue weighted by Gasteiger charge is 2.21. The molecule has 1 aromatic rings. The Morgan fingerprint density at radius 3 is 2.63 bits per heavy atom. The highest BCUT2D eigenvalue weighted by atomic mass is 32.1. The van der Waals surface area contributed by atoms with Crippen molar-refractivity contribution in [2.75, 3.05) is 5.32 Å². The number of nitrogens with two attached hydrogens (primary N) is 1. The van der Waals surface area contributed by atoms with Crippen LogP contribution in [-0.4, -0.2) is 21.0 Å². The van der Waals surface area contributed by atoms with Crippen molar-refractivity contribution >= 4 is 23.0 Å². The molecule has 1 aromatic heterocycles. The highest BCUT2D eigenvalue weighted by molar-refractivity contribution is 7.80. The van der Waals surface area contributed by atoms with E-state index in [1.807, 2.05) is 0 Å². The SMILES string of the molecule is CCCC1CCC(Nc2nccnc2C(N)=S)CC1. The van der Waals surface area contributed by atoms with Gasteiger partial charge in [0.25, 0.3) is 0 Å². The largest absolute Gasteiger partial charge is 0.388 e. The minimum atomic E-state index is 0.301. The van der Waals surface area contributed by atoms with Gasteiger partial charge >= 0.3 is 0 Å². The van der Waals surface area contributed by atoms with Gasteiger partial charge in [-0.25, -0.2) is 9.97 Å². The van der Waals surface area contributed by atoms with E-state index >= 15 is 0 Å². The van der Waals surface area contributed by atoms with Crippen LogP contribution >= 0.6 is 12.2 Å². The molecular formula is C14H22N4S. The van der Waals surface area contributed by atoms with Crippen molar-refractivity contribution in [1.82, 2.24) is 9.97 Å². The van der Waals surface area contributed by atoms with E-state index in [0.717, 1.165) is 11.7 Å². The Hall–Kier alpha value is -1.23. The van der Waals surface area contributed by atoms with Crippen molar-refractivity contribution in [2.24, 2.45) is 11.7 Å². The normalized spacial score (nSPS) is 23.0. The molecule has 0 bridgehead atoms. The lowest BCUT2D eigenvalue weighted by Crippen LogP contribution is -2.28. The van der Waals surface area contributed by atoms with E-state index in [1.165, 1.54) is 38.5 Å². The number of hydrogen-bond acceptors (Lipinski definition) is 4. The van der Waals surface area contributed by atoms with Crippen LogP contribution in [0.4, 0.5) is 5.82 Å². The van der Waals surface area contributed by atoms with Gasteiger partial charge in [-0.15, -0.1) is 0 Å². The van der Waals surface area contributed by atoms with E-state index in [2.05, 4.69) is 22.2 Å². The first kappa shape index (κ1) is 14.2. The molecule has 0 spiro atoms. The summed E-state index contributed by atoms with van der Waals surface area (Å²) < 4.78 is 0.